The fourth-order valence-corrected chi connectivity index (χ4v) is 3.52. The van der Waals surface area contributed by atoms with Crippen LogP contribution in [-0.2, 0) is 12.8 Å². The van der Waals surface area contributed by atoms with Crippen molar-refractivity contribution in [3.8, 4) is 17.1 Å². The second kappa shape index (κ2) is 8.45. The summed E-state index contributed by atoms with van der Waals surface area (Å²) in [5.74, 6) is 0.741. The number of aromatic amines is 1. The number of H-pyrrole nitrogens is 1. The fourth-order valence-electron chi connectivity index (χ4n) is 3.52. The molecule has 3 heterocycles. The van der Waals surface area contributed by atoms with Gasteiger partial charge in [0.25, 0.3) is 5.91 Å². The lowest BCUT2D eigenvalue weighted by molar-refractivity contribution is 0.102. The number of carbonyl (C=O) groups is 1. The molecule has 1 amide bonds. The van der Waals surface area contributed by atoms with Gasteiger partial charge in [0, 0.05) is 36.3 Å². The topological polar surface area (TPSA) is 83.1 Å². The average Bonchev–Trinajstić information content (AvgIpc) is 3.04. The Morgan fingerprint density at radius 2 is 2.14 bits per heavy atom. The summed E-state index contributed by atoms with van der Waals surface area (Å²) in [5, 5.41) is 2.90. The van der Waals surface area contributed by atoms with Crippen molar-refractivity contribution in [2.45, 2.75) is 19.3 Å². The van der Waals surface area contributed by atoms with Gasteiger partial charge in [-0.3, -0.25) is 9.78 Å². The van der Waals surface area contributed by atoms with E-state index in [1.54, 1.807) is 24.5 Å². The van der Waals surface area contributed by atoms with E-state index in [0.717, 1.165) is 42.8 Å². The zero-order valence-electron chi connectivity index (χ0n) is 16.7. The van der Waals surface area contributed by atoms with Crippen molar-refractivity contribution in [3.05, 3.63) is 59.5 Å². The number of aryl methyl sites for hydroxylation is 2. The van der Waals surface area contributed by atoms with Gasteiger partial charge in [0.15, 0.2) is 0 Å². The lowest BCUT2D eigenvalue weighted by Crippen LogP contribution is -2.20. The number of nitrogens with zero attached hydrogens (tertiary/aromatic N) is 3. The summed E-state index contributed by atoms with van der Waals surface area (Å²) in [5.41, 5.74) is 4.60. The smallest absolute Gasteiger partial charge is 0.259 e. The van der Waals surface area contributed by atoms with E-state index in [9.17, 15) is 4.79 Å². The second-order valence-corrected chi connectivity index (χ2v) is 7.39. The Balaban J connectivity index is 1.55. The van der Waals surface area contributed by atoms with Crippen LogP contribution in [0.2, 0.25) is 0 Å². The third kappa shape index (κ3) is 4.30. The molecular formula is C22H25N5O2. The molecule has 7 nitrogen and oxygen atoms in total. The number of carbonyl (C=O) groups excluding carboxylic acids is 1. The summed E-state index contributed by atoms with van der Waals surface area (Å²) in [4.78, 5) is 27.3. The maximum absolute atomic E-state index is 13.0. The number of pyridine rings is 2. The van der Waals surface area contributed by atoms with E-state index in [1.165, 1.54) is 5.56 Å². The van der Waals surface area contributed by atoms with Crippen molar-refractivity contribution < 1.29 is 9.53 Å². The van der Waals surface area contributed by atoms with Gasteiger partial charge in [-0.2, -0.15) is 4.98 Å². The number of ether oxygens (including phenoxy) is 1. The summed E-state index contributed by atoms with van der Waals surface area (Å²) < 4.78 is 5.66. The van der Waals surface area contributed by atoms with Crippen LogP contribution in [0.4, 0.5) is 5.82 Å². The molecule has 1 aliphatic rings. The standard InChI is InChI=1S/C22H25N5O2/c1-27(2)12-13-29-19-10-4-9-18(25-19)26-22(28)16-14-24-17-8-3-6-15-7-5-11-23-21(15)20(16)17/h4-5,7,9-11,14,24H,3,6,8,12-13H2,1-2H3,(H,25,26,28). The molecule has 0 aromatic carbocycles. The SMILES string of the molecule is CN(C)CCOc1cccc(NC(=O)c2c[nH]c3c2-c2ncccc2CCC3)n1. The van der Waals surface area contributed by atoms with Gasteiger partial charge in [-0.05, 0) is 51.1 Å². The Labute approximate surface area is 170 Å². The third-order valence-corrected chi connectivity index (χ3v) is 4.96. The van der Waals surface area contributed by atoms with Gasteiger partial charge in [0.2, 0.25) is 5.88 Å². The molecule has 0 aliphatic heterocycles. The van der Waals surface area contributed by atoms with Crippen LogP contribution < -0.4 is 10.1 Å². The zero-order chi connectivity index (χ0) is 20.2. The van der Waals surface area contributed by atoms with Gasteiger partial charge in [-0.1, -0.05) is 12.1 Å². The molecular weight excluding hydrogens is 366 g/mol. The first-order chi connectivity index (χ1) is 14.1. The largest absolute Gasteiger partial charge is 0.476 e. The molecule has 4 rings (SSSR count). The molecule has 3 aromatic rings. The van der Waals surface area contributed by atoms with Gasteiger partial charge >= 0.3 is 0 Å². The fraction of sp³-hybridized carbons (Fsp3) is 0.318. The summed E-state index contributed by atoms with van der Waals surface area (Å²) in [7, 11) is 3.97. The first kappa shape index (κ1) is 19.1. The minimum absolute atomic E-state index is 0.209. The van der Waals surface area contributed by atoms with Gasteiger partial charge in [0.1, 0.15) is 12.4 Å². The monoisotopic (exact) mass is 391 g/mol. The summed E-state index contributed by atoms with van der Waals surface area (Å²) in [6.45, 7) is 1.32. The van der Waals surface area contributed by atoms with E-state index < -0.39 is 0 Å². The highest BCUT2D eigenvalue weighted by Crippen LogP contribution is 2.33. The maximum atomic E-state index is 13.0. The van der Waals surface area contributed by atoms with Gasteiger partial charge in [-0.25, -0.2) is 0 Å². The van der Waals surface area contributed by atoms with Crippen LogP contribution in [0.15, 0.2) is 42.7 Å². The number of aromatic nitrogens is 3. The molecule has 1 aliphatic carbocycles. The first-order valence-corrected chi connectivity index (χ1v) is 9.82. The third-order valence-electron chi connectivity index (χ3n) is 4.96. The van der Waals surface area contributed by atoms with E-state index in [1.807, 2.05) is 31.1 Å². The predicted molar refractivity (Wildman–Crippen MR) is 112 cm³/mol. The highest BCUT2D eigenvalue weighted by Gasteiger charge is 2.24. The molecule has 0 fully saturated rings. The number of likely N-dealkylation sites (N-methyl/N-ethyl adjacent to an activating group) is 1. The molecule has 0 unspecified atom stereocenters. The Bertz CT molecular complexity index is 1010. The molecule has 2 N–H and O–H groups in total. The molecule has 0 bridgehead atoms. The van der Waals surface area contributed by atoms with E-state index in [4.69, 9.17) is 4.74 Å². The number of anilines is 1. The van der Waals surface area contributed by atoms with Crippen LogP contribution in [0.25, 0.3) is 11.3 Å². The minimum Gasteiger partial charge on any atom is -0.476 e. The Hall–Kier alpha value is -3.19. The Morgan fingerprint density at radius 1 is 1.24 bits per heavy atom. The number of amides is 1. The number of rotatable bonds is 6. The molecule has 150 valence electrons. The Morgan fingerprint density at radius 3 is 3.00 bits per heavy atom. The first-order valence-electron chi connectivity index (χ1n) is 9.82. The quantitative estimate of drug-likeness (QED) is 0.674. The zero-order valence-corrected chi connectivity index (χ0v) is 16.7. The summed E-state index contributed by atoms with van der Waals surface area (Å²) >= 11 is 0. The van der Waals surface area contributed by atoms with Crippen LogP contribution >= 0.6 is 0 Å². The van der Waals surface area contributed by atoms with Crippen molar-refractivity contribution in [1.29, 1.82) is 0 Å². The van der Waals surface area contributed by atoms with Crippen molar-refractivity contribution in [2.75, 3.05) is 32.6 Å². The van der Waals surface area contributed by atoms with Crippen molar-refractivity contribution in [2.24, 2.45) is 0 Å². The molecule has 0 radical (unpaired) electrons. The molecule has 0 saturated heterocycles. The number of hydrogen-bond donors (Lipinski definition) is 2. The molecule has 7 heteroatoms. The number of hydrogen-bond acceptors (Lipinski definition) is 5. The molecule has 0 saturated carbocycles. The van der Waals surface area contributed by atoms with E-state index in [-0.39, 0.29) is 5.91 Å². The normalized spacial score (nSPS) is 12.8. The lowest BCUT2D eigenvalue weighted by Gasteiger charge is -2.11. The van der Waals surface area contributed by atoms with E-state index in [2.05, 4.69) is 26.3 Å². The lowest BCUT2D eigenvalue weighted by atomic mass is 10.0. The van der Waals surface area contributed by atoms with Crippen LogP contribution in [0.5, 0.6) is 5.88 Å². The van der Waals surface area contributed by atoms with Crippen LogP contribution in [-0.4, -0.2) is 53.0 Å². The average molecular weight is 391 g/mol. The van der Waals surface area contributed by atoms with E-state index in [0.29, 0.717) is 23.9 Å². The number of fused-ring (bicyclic) bond motifs is 3. The van der Waals surface area contributed by atoms with Crippen LogP contribution in [0, 0.1) is 0 Å². The maximum Gasteiger partial charge on any atom is 0.259 e. The Kier molecular flexibility index (Phi) is 5.57. The molecule has 29 heavy (non-hydrogen) atoms. The highest BCUT2D eigenvalue weighted by atomic mass is 16.5. The summed E-state index contributed by atoms with van der Waals surface area (Å²) in [6, 6.07) is 9.40. The van der Waals surface area contributed by atoms with Crippen molar-refractivity contribution in [1.82, 2.24) is 19.9 Å². The van der Waals surface area contributed by atoms with Gasteiger partial charge in [0.05, 0.1) is 11.3 Å². The molecule has 0 atom stereocenters. The highest BCUT2D eigenvalue weighted by molar-refractivity contribution is 6.08. The summed E-state index contributed by atoms with van der Waals surface area (Å²) in [6.07, 6.45) is 6.42. The van der Waals surface area contributed by atoms with Gasteiger partial charge in [-0.15, -0.1) is 0 Å². The molecule has 0 spiro atoms. The van der Waals surface area contributed by atoms with E-state index >= 15 is 0 Å². The predicted octanol–water partition coefficient (Wildman–Crippen LogP) is 3.15. The van der Waals surface area contributed by atoms with Crippen LogP contribution in [0.3, 0.4) is 0 Å². The van der Waals surface area contributed by atoms with Crippen molar-refractivity contribution in [3.63, 3.8) is 0 Å². The van der Waals surface area contributed by atoms with Crippen LogP contribution in [0.1, 0.15) is 28.0 Å². The molecule has 3 aromatic heterocycles. The number of nitrogens with one attached hydrogen (secondary N) is 2. The van der Waals surface area contributed by atoms with Crippen molar-refractivity contribution >= 4 is 11.7 Å². The minimum atomic E-state index is -0.209. The van der Waals surface area contributed by atoms with Gasteiger partial charge < -0.3 is 19.9 Å². The second-order valence-electron chi connectivity index (χ2n) is 7.39.